The van der Waals surface area contributed by atoms with Crippen LogP contribution in [0.2, 0.25) is 0 Å². The number of rotatable bonds is 10. The van der Waals surface area contributed by atoms with E-state index >= 15 is 0 Å². The van der Waals surface area contributed by atoms with E-state index < -0.39 is 6.04 Å². The number of aldehydes is 1. The zero-order valence-electron chi connectivity index (χ0n) is 21.8. The zero-order chi connectivity index (χ0) is 25.9. The minimum atomic E-state index is -0.743. The van der Waals surface area contributed by atoms with Gasteiger partial charge in [0, 0.05) is 52.0 Å². The fourth-order valence-corrected chi connectivity index (χ4v) is 6.18. The highest BCUT2D eigenvalue weighted by molar-refractivity contribution is 5.85. The highest BCUT2D eigenvalue weighted by Gasteiger charge is 2.43. The molecule has 1 spiro atoms. The van der Waals surface area contributed by atoms with Gasteiger partial charge in [0.05, 0.1) is 11.0 Å². The van der Waals surface area contributed by atoms with Gasteiger partial charge >= 0.3 is 5.69 Å². The highest BCUT2D eigenvalue weighted by atomic mass is 16.2. The third-order valence-corrected chi connectivity index (χ3v) is 8.11. The maximum absolute atomic E-state index is 13.2. The molecule has 36 heavy (non-hydrogen) atoms. The predicted molar refractivity (Wildman–Crippen MR) is 139 cm³/mol. The summed E-state index contributed by atoms with van der Waals surface area (Å²) < 4.78 is 3.10. The largest absolute Gasteiger partial charge is 0.357 e. The van der Waals surface area contributed by atoms with Crippen molar-refractivity contribution in [3.05, 3.63) is 34.2 Å². The van der Waals surface area contributed by atoms with Crippen molar-refractivity contribution in [3.8, 4) is 0 Å². The summed E-state index contributed by atoms with van der Waals surface area (Å²) in [6.45, 7) is 3.98. The van der Waals surface area contributed by atoms with Crippen LogP contribution in [0.1, 0.15) is 56.6 Å². The van der Waals surface area contributed by atoms with E-state index in [0.717, 1.165) is 69.2 Å². The molecule has 4 rings (SSSR count). The first-order chi connectivity index (χ1) is 17.3. The van der Waals surface area contributed by atoms with E-state index in [1.165, 1.54) is 18.0 Å². The van der Waals surface area contributed by atoms with Gasteiger partial charge in [0.1, 0.15) is 12.3 Å². The number of aryl methyl sites for hydroxylation is 2. The van der Waals surface area contributed by atoms with Crippen molar-refractivity contribution >= 4 is 29.1 Å². The second kappa shape index (κ2) is 11.0. The number of nitrogens with one attached hydrogen (secondary N) is 1. The SMILES string of the molecule is CNC(=O)C(CCC=O)n1c(=O)n(C)c2c(CCCCC(=O)N3CCC4(CCN(C)C4)C3)cccc21. The molecule has 2 aliphatic rings. The normalized spacial score (nSPS) is 20.9. The van der Waals surface area contributed by atoms with Crippen molar-refractivity contribution in [2.24, 2.45) is 12.5 Å². The van der Waals surface area contributed by atoms with E-state index in [-0.39, 0.29) is 30.3 Å². The molecule has 9 heteroatoms. The number of fused-ring (bicyclic) bond motifs is 1. The molecule has 1 aromatic heterocycles. The Bertz CT molecular complexity index is 1180. The van der Waals surface area contributed by atoms with Gasteiger partial charge in [0.25, 0.3) is 0 Å². The molecule has 0 bridgehead atoms. The third kappa shape index (κ3) is 5.12. The quantitative estimate of drug-likeness (QED) is 0.399. The number of nitrogens with zero attached hydrogens (tertiary/aromatic N) is 4. The van der Waals surface area contributed by atoms with Gasteiger partial charge in [0.2, 0.25) is 11.8 Å². The Morgan fingerprint density at radius 3 is 2.61 bits per heavy atom. The van der Waals surface area contributed by atoms with Gasteiger partial charge in [-0.15, -0.1) is 0 Å². The molecule has 1 N–H and O–H groups in total. The number of likely N-dealkylation sites (tertiary alicyclic amines) is 2. The van der Waals surface area contributed by atoms with E-state index in [1.807, 2.05) is 18.2 Å². The number of benzene rings is 1. The second-order valence-electron chi connectivity index (χ2n) is 10.6. The lowest BCUT2D eigenvalue weighted by Gasteiger charge is -2.23. The molecule has 2 unspecified atom stereocenters. The second-order valence-corrected chi connectivity index (χ2v) is 10.6. The number of amides is 2. The summed E-state index contributed by atoms with van der Waals surface area (Å²) in [4.78, 5) is 54.0. The Balaban J connectivity index is 1.42. The summed E-state index contributed by atoms with van der Waals surface area (Å²) in [5.74, 6) is -0.0369. The highest BCUT2D eigenvalue weighted by Crippen LogP contribution is 2.39. The lowest BCUT2D eigenvalue weighted by Crippen LogP contribution is -2.36. The van der Waals surface area contributed by atoms with Gasteiger partial charge in [-0.2, -0.15) is 0 Å². The predicted octanol–water partition coefficient (Wildman–Crippen LogP) is 1.87. The lowest BCUT2D eigenvalue weighted by atomic mass is 9.86. The van der Waals surface area contributed by atoms with Crippen LogP contribution in [0, 0.1) is 5.41 Å². The van der Waals surface area contributed by atoms with Gasteiger partial charge in [-0.1, -0.05) is 12.1 Å². The molecule has 0 saturated carbocycles. The smallest absolute Gasteiger partial charge is 0.329 e. The topological polar surface area (TPSA) is 96.6 Å². The fraction of sp³-hybridized carbons (Fsp3) is 0.630. The van der Waals surface area contributed by atoms with E-state index in [0.29, 0.717) is 17.4 Å². The molecule has 9 nitrogen and oxygen atoms in total. The Morgan fingerprint density at radius 2 is 1.92 bits per heavy atom. The molecule has 2 atom stereocenters. The molecule has 3 heterocycles. The zero-order valence-corrected chi connectivity index (χ0v) is 21.8. The van der Waals surface area contributed by atoms with Crippen LogP contribution >= 0.6 is 0 Å². The number of hydrogen-bond donors (Lipinski definition) is 1. The first-order valence-corrected chi connectivity index (χ1v) is 13.1. The van der Waals surface area contributed by atoms with Crippen LogP contribution in [0.4, 0.5) is 0 Å². The standard InChI is InChI=1S/C27H39N5O4/c1-28-25(35)22(11-7-17-33)32-21-10-6-9-20(24(21)30(3)26(32)36)8-4-5-12-23(34)31-16-14-27(19-31)13-15-29(2)18-27/h6,9-10,17,22H,4-5,7-8,11-16,18-19H2,1-3H3,(H,28,35). The number of aromatic nitrogens is 2. The molecule has 2 saturated heterocycles. The molecule has 2 amide bonds. The summed E-state index contributed by atoms with van der Waals surface area (Å²) in [7, 11) is 5.42. The fourth-order valence-electron chi connectivity index (χ4n) is 6.18. The van der Waals surface area contributed by atoms with Crippen molar-refractivity contribution in [1.29, 1.82) is 0 Å². The van der Waals surface area contributed by atoms with Crippen LogP contribution in [0.15, 0.2) is 23.0 Å². The van der Waals surface area contributed by atoms with Crippen LogP contribution in [0.5, 0.6) is 0 Å². The maximum Gasteiger partial charge on any atom is 0.329 e. The molecule has 2 fully saturated rings. The Morgan fingerprint density at radius 1 is 1.14 bits per heavy atom. The van der Waals surface area contributed by atoms with Gasteiger partial charge in [-0.25, -0.2) is 4.79 Å². The van der Waals surface area contributed by atoms with E-state index in [9.17, 15) is 19.2 Å². The molecular weight excluding hydrogens is 458 g/mol. The van der Waals surface area contributed by atoms with Crippen LogP contribution in [-0.4, -0.2) is 77.3 Å². The van der Waals surface area contributed by atoms with Crippen molar-refractivity contribution in [2.45, 2.75) is 57.4 Å². The number of hydrogen-bond acceptors (Lipinski definition) is 5. The number of para-hydroxylation sites is 1. The van der Waals surface area contributed by atoms with Gasteiger partial charge in [0.15, 0.2) is 0 Å². The summed E-state index contributed by atoms with van der Waals surface area (Å²) in [6.07, 6.45) is 6.47. The van der Waals surface area contributed by atoms with Crippen LogP contribution in [0.3, 0.4) is 0 Å². The summed E-state index contributed by atoms with van der Waals surface area (Å²) in [5, 5.41) is 2.62. The van der Waals surface area contributed by atoms with Crippen LogP contribution in [-0.2, 0) is 27.9 Å². The van der Waals surface area contributed by atoms with Gasteiger partial charge in [-0.05, 0) is 63.7 Å². The van der Waals surface area contributed by atoms with Crippen molar-refractivity contribution < 1.29 is 14.4 Å². The number of carbonyl (C=O) groups excluding carboxylic acids is 3. The molecule has 2 aromatic rings. The Hall–Kier alpha value is -2.94. The van der Waals surface area contributed by atoms with Gasteiger partial charge in [-0.3, -0.25) is 18.7 Å². The van der Waals surface area contributed by atoms with E-state index in [1.54, 1.807) is 11.6 Å². The monoisotopic (exact) mass is 497 g/mol. The average molecular weight is 498 g/mol. The first kappa shape index (κ1) is 26.1. The molecule has 196 valence electrons. The molecule has 1 aromatic carbocycles. The maximum atomic E-state index is 13.2. The van der Waals surface area contributed by atoms with Crippen molar-refractivity contribution in [2.75, 3.05) is 40.3 Å². The van der Waals surface area contributed by atoms with E-state index in [2.05, 4.69) is 22.2 Å². The van der Waals surface area contributed by atoms with Crippen LogP contribution < -0.4 is 11.0 Å². The molecule has 0 aliphatic carbocycles. The van der Waals surface area contributed by atoms with Crippen molar-refractivity contribution in [3.63, 3.8) is 0 Å². The van der Waals surface area contributed by atoms with Crippen molar-refractivity contribution in [1.82, 2.24) is 24.3 Å². The summed E-state index contributed by atoms with van der Waals surface area (Å²) in [5.41, 5.74) is 2.56. The number of unbranched alkanes of at least 4 members (excludes halogenated alkanes) is 1. The Kier molecular flexibility index (Phi) is 7.97. The average Bonchev–Trinajstić information content (AvgIpc) is 3.54. The number of imidazole rings is 1. The van der Waals surface area contributed by atoms with Gasteiger partial charge < -0.3 is 19.9 Å². The summed E-state index contributed by atoms with van der Waals surface area (Å²) in [6, 6.07) is 5.02. The minimum Gasteiger partial charge on any atom is -0.357 e. The molecule has 2 aliphatic heterocycles. The number of carbonyl (C=O) groups is 3. The minimum absolute atomic E-state index is 0.198. The lowest BCUT2D eigenvalue weighted by molar-refractivity contribution is -0.130. The first-order valence-electron chi connectivity index (χ1n) is 13.1. The van der Waals surface area contributed by atoms with Crippen LogP contribution in [0.25, 0.3) is 11.0 Å². The van der Waals surface area contributed by atoms with E-state index in [4.69, 9.17) is 0 Å². The molecular formula is C27H39N5O4. The number of likely N-dealkylation sites (N-methyl/N-ethyl adjacent to an activating group) is 1. The summed E-state index contributed by atoms with van der Waals surface area (Å²) >= 11 is 0. The third-order valence-electron chi connectivity index (χ3n) is 8.11. The Labute approximate surface area is 212 Å². The molecule has 0 radical (unpaired) electrons.